The number of nitro groups is 1. The van der Waals surface area contributed by atoms with Crippen LogP contribution in [0.25, 0.3) is 33.6 Å². The first-order valence-electron chi connectivity index (χ1n) is 12.4. The second kappa shape index (κ2) is 10.2. The van der Waals surface area contributed by atoms with Gasteiger partial charge in [-0.15, -0.1) is 0 Å². The Kier molecular flexibility index (Phi) is 6.65. The molecule has 4 aromatic carbocycles. The minimum atomic E-state index is -0.350. The van der Waals surface area contributed by atoms with Gasteiger partial charge in [-0.25, -0.2) is 4.98 Å². The van der Waals surface area contributed by atoms with Gasteiger partial charge < -0.3 is 0 Å². The zero-order valence-corrected chi connectivity index (χ0v) is 21.2. The second-order valence-corrected chi connectivity index (χ2v) is 9.53. The molecule has 0 unspecified atom stereocenters. The van der Waals surface area contributed by atoms with Gasteiger partial charge in [-0.1, -0.05) is 84.4 Å². The van der Waals surface area contributed by atoms with Gasteiger partial charge in [0.25, 0.3) is 5.69 Å². The van der Waals surface area contributed by atoms with E-state index in [1.807, 2.05) is 24.3 Å². The largest absolute Gasteiger partial charge is 0.270 e. The molecule has 0 aliphatic heterocycles. The summed E-state index contributed by atoms with van der Waals surface area (Å²) in [5.74, 6) is 0. The number of hydrogen-bond donors (Lipinski definition) is 0. The standard InChI is InChI=1S/C33H28N2O2/c1-22-12-15-26(16-13-22)33-31(27-10-7-11-30(20-27)35(36)37)21-29(19-25-8-5-4-6-9-25)32(34-33)28-17-14-23(2)24(3)18-28/h4-18,20-21H,19H2,1-3H3. The van der Waals surface area contributed by atoms with Crippen LogP contribution in [-0.4, -0.2) is 9.91 Å². The summed E-state index contributed by atoms with van der Waals surface area (Å²) in [6.45, 7) is 6.29. The monoisotopic (exact) mass is 484 g/mol. The first-order valence-corrected chi connectivity index (χ1v) is 12.4. The van der Waals surface area contributed by atoms with Gasteiger partial charge in [0.2, 0.25) is 0 Å². The highest BCUT2D eigenvalue weighted by Crippen LogP contribution is 2.37. The van der Waals surface area contributed by atoms with E-state index in [0.717, 1.165) is 44.8 Å². The van der Waals surface area contributed by atoms with Crippen LogP contribution in [0.15, 0.2) is 103 Å². The average Bonchev–Trinajstić information content (AvgIpc) is 2.91. The summed E-state index contributed by atoms with van der Waals surface area (Å²) < 4.78 is 0. The quantitative estimate of drug-likeness (QED) is 0.179. The zero-order valence-electron chi connectivity index (χ0n) is 21.2. The third-order valence-electron chi connectivity index (χ3n) is 6.81. The van der Waals surface area contributed by atoms with Crippen molar-refractivity contribution >= 4 is 5.69 Å². The highest BCUT2D eigenvalue weighted by Gasteiger charge is 2.19. The summed E-state index contributed by atoms with van der Waals surface area (Å²) in [5, 5.41) is 11.6. The second-order valence-electron chi connectivity index (χ2n) is 9.53. The lowest BCUT2D eigenvalue weighted by Crippen LogP contribution is -2.01. The minimum absolute atomic E-state index is 0.0650. The van der Waals surface area contributed by atoms with Crippen molar-refractivity contribution in [3.8, 4) is 33.6 Å². The van der Waals surface area contributed by atoms with E-state index in [2.05, 4.69) is 81.4 Å². The number of rotatable bonds is 6. The molecule has 0 fully saturated rings. The summed E-state index contributed by atoms with van der Waals surface area (Å²) in [4.78, 5) is 16.5. The molecule has 1 heterocycles. The van der Waals surface area contributed by atoms with E-state index in [4.69, 9.17) is 4.98 Å². The molecule has 0 saturated heterocycles. The lowest BCUT2D eigenvalue weighted by molar-refractivity contribution is -0.384. The number of hydrogen-bond acceptors (Lipinski definition) is 3. The third kappa shape index (κ3) is 5.19. The lowest BCUT2D eigenvalue weighted by Gasteiger charge is -2.18. The maximum absolute atomic E-state index is 11.6. The Morgan fingerprint density at radius 2 is 1.41 bits per heavy atom. The predicted molar refractivity (Wildman–Crippen MR) is 151 cm³/mol. The van der Waals surface area contributed by atoms with Crippen LogP contribution >= 0.6 is 0 Å². The molecule has 5 rings (SSSR count). The van der Waals surface area contributed by atoms with Crippen molar-refractivity contribution in [3.05, 3.63) is 141 Å². The molecule has 0 aliphatic rings. The average molecular weight is 485 g/mol. The number of aryl methyl sites for hydroxylation is 3. The van der Waals surface area contributed by atoms with Gasteiger partial charge in [0.1, 0.15) is 0 Å². The first-order chi connectivity index (χ1) is 17.9. The van der Waals surface area contributed by atoms with Crippen molar-refractivity contribution in [2.75, 3.05) is 0 Å². The molecule has 4 nitrogen and oxygen atoms in total. The normalized spacial score (nSPS) is 10.9. The van der Waals surface area contributed by atoms with Gasteiger partial charge in [0.15, 0.2) is 0 Å². The van der Waals surface area contributed by atoms with Gasteiger partial charge in [-0.2, -0.15) is 0 Å². The molecular weight excluding hydrogens is 456 g/mol. The molecule has 182 valence electrons. The molecule has 37 heavy (non-hydrogen) atoms. The third-order valence-corrected chi connectivity index (χ3v) is 6.81. The lowest BCUT2D eigenvalue weighted by atomic mass is 9.91. The maximum Gasteiger partial charge on any atom is 0.270 e. The summed E-state index contributed by atoms with van der Waals surface area (Å²) in [5.41, 5.74) is 11.4. The molecule has 0 radical (unpaired) electrons. The Hall–Kier alpha value is -4.57. The van der Waals surface area contributed by atoms with Crippen molar-refractivity contribution in [2.45, 2.75) is 27.2 Å². The van der Waals surface area contributed by atoms with Crippen molar-refractivity contribution < 1.29 is 4.92 Å². The summed E-state index contributed by atoms with van der Waals surface area (Å²) in [6, 6.07) is 34.1. The summed E-state index contributed by atoms with van der Waals surface area (Å²) in [6.07, 6.45) is 0.701. The van der Waals surface area contributed by atoms with Crippen molar-refractivity contribution in [1.82, 2.24) is 4.98 Å². The van der Waals surface area contributed by atoms with Crippen LogP contribution in [0.3, 0.4) is 0 Å². The maximum atomic E-state index is 11.6. The number of aromatic nitrogens is 1. The Bertz CT molecular complexity index is 1590. The van der Waals surface area contributed by atoms with E-state index in [-0.39, 0.29) is 10.6 Å². The first kappa shape index (κ1) is 24.1. The molecular formula is C33H28N2O2. The summed E-state index contributed by atoms with van der Waals surface area (Å²) >= 11 is 0. The molecule has 0 saturated carbocycles. The fraction of sp³-hybridized carbons (Fsp3) is 0.121. The Labute approximate surface area is 217 Å². The van der Waals surface area contributed by atoms with Crippen LogP contribution in [0.1, 0.15) is 27.8 Å². The van der Waals surface area contributed by atoms with E-state index in [1.54, 1.807) is 12.1 Å². The number of benzene rings is 4. The number of nitrogens with zero attached hydrogens (tertiary/aromatic N) is 2. The predicted octanol–water partition coefficient (Wildman–Crippen LogP) is 8.51. The zero-order chi connectivity index (χ0) is 25.9. The van der Waals surface area contributed by atoms with Gasteiger partial charge in [0.05, 0.1) is 16.3 Å². The van der Waals surface area contributed by atoms with E-state index in [1.165, 1.54) is 22.8 Å². The Morgan fingerprint density at radius 1 is 0.676 bits per heavy atom. The molecule has 0 aliphatic carbocycles. The van der Waals surface area contributed by atoms with Crippen LogP contribution in [0.5, 0.6) is 0 Å². The van der Waals surface area contributed by atoms with E-state index >= 15 is 0 Å². The van der Waals surface area contributed by atoms with E-state index in [9.17, 15) is 10.1 Å². The van der Waals surface area contributed by atoms with Crippen LogP contribution in [0, 0.1) is 30.9 Å². The van der Waals surface area contributed by atoms with E-state index < -0.39 is 0 Å². The highest BCUT2D eigenvalue weighted by atomic mass is 16.6. The van der Waals surface area contributed by atoms with Gasteiger partial charge in [-0.05, 0) is 67.1 Å². The van der Waals surface area contributed by atoms with Gasteiger partial charge in [-0.3, -0.25) is 10.1 Å². The fourth-order valence-corrected chi connectivity index (χ4v) is 4.58. The SMILES string of the molecule is Cc1ccc(-c2nc(-c3ccc(C)c(C)c3)c(Cc3ccccc3)cc2-c2cccc([N+](=O)[O-])c2)cc1. The molecule has 4 heteroatoms. The molecule has 0 N–H and O–H groups in total. The topological polar surface area (TPSA) is 56.0 Å². The molecule has 0 amide bonds. The van der Waals surface area contributed by atoms with Crippen LogP contribution in [0.4, 0.5) is 5.69 Å². The van der Waals surface area contributed by atoms with E-state index in [0.29, 0.717) is 6.42 Å². The van der Waals surface area contributed by atoms with Crippen LogP contribution in [0.2, 0.25) is 0 Å². The molecule has 0 atom stereocenters. The Balaban J connectivity index is 1.80. The molecule has 1 aromatic heterocycles. The van der Waals surface area contributed by atoms with Gasteiger partial charge >= 0.3 is 0 Å². The number of nitro benzene ring substituents is 1. The smallest absolute Gasteiger partial charge is 0.258 e. The fourth-order valence-electron chi connectivity index (χ4n) is 4.58. The van der Waals surface area contributed by atoms with Gasteiger partial charge in [0, 0.05) is 28.8 Å². The van der Waals surface area contributed by atoms with Crippen LogP contribution < -0.4 is 0 Å². The van der Waals surface area contributed by atoms with Crippen molar-refractivity contribution in [3.63, 3.8) is 0 Å². The van der Waals surface area contributed by atoms with Crippen molar-refractivity contribution in [1.29, 1.82) is 0 Å². The Morgan fingerprint density at radius 3 is 2.11 bits per heavy atom. The highest BCUT2D eigenvalue weighted by molar-refractivity contribution is 5.85. The number of pyridine rings is 1. The number of non-ortho nitro benzene ring substituents is 1. The minimum Gasteiger partial charge on any atom is -0.258 e. The molecule has 0 bridgehead atoms. The molecule has 0 spiro atoms. The molecule has 5 aromatic rings. The van der Waals surface area contributed by atoms with Crippen molar-refractivity contribution in [2.24, 2.45) is 0 Å². The van der Waals surface area contributed by atoms with Crippen LogP contribution in [-0.2, 0) is 6.42 Å². The summed E-state index contributed by atoms with van der Waals surface area (Å²) in [7, 11) is 0.